The van der Waals surface area contributed by atoms with Crippen LogP contribution in [0.1, 0.15) is 26.7 Å². The SMILES string of the molecule is CCCC1(C)COCCO1. The van der Waals surface area contributed by atoms with Crippen LogP contribution in [0.25, 0.3) is 0 Å². The topological polar surface area (TPSA) is 18.5 Å². The van der Waals surface area contributed by atoms with Gasteiger partial charge >= 0.3 is 0 Å². The first-order valence-corrected chi connectivity index (χ1v) is 3.98. The van der Waals surface area contributed by atoms with Gasteiger partial charge in [-0.25, -0.2) is 0 Å². The minimum Gasteiger partial charge on any atom is -0.376 e. The van der Waals surface area contributed by atoms with E-state index in [-0.39, 0.29) is 5.60 Å². The van der Waals surface area contributed by atoms with E-state index in [0.717, 1.165) is 26.2 Å². The Labute approximate surface area is 62.5 Å². The lowest BCUT2D eigenvalue weighted by Gasteiger charge is -2.33. The van der Waals surface area contributed by atoms with Gasteiger partial charge in [-0.05, 0) is 13.3 Å². The van der Waals surface area contributed by atoms with Gasteiger partial charge in [0.2, 0.25) is 0 Å². The second-order valence-corrected chi connectivity index (χ2v) is 3.10. The molecule has 1 fully saturated rings. The van der Waals surface area contributed by atoms with Crippen molar-refractivity contribution in [3.63, 3.8) is 0 Å². The van der Waals surface area contributed by atoms with Gasteiger partial charge in [-0.3, -0.25) is 0 Å². The average Bonchev–Trinajstić information content (AvgIpc) is 1.89. The van der Waals surface area contributed by atoms with Crippen molar-refractivity contribution in [2.24, 2.45) is 0 Å². The lowest BCUT2D eigenvalue weighted by Crippen LogP contribution is -2.40. The van der Waals surface area contributed by atoms with Crippen LogP contribution in [-0.4, -0.2) is 25.4 Å². The zero-order valence-electron chi connectivity index (χ0n) is 6.85. The molecule has 1 aliphatic rings. The van der Waals surface area contributed by atoms with Gasteiger partial charge in [0, 0.05) is 0 Å². The summed E-state index contributed by atoms with van der Waals surface area (Å²) >= 11 is 0. The van der Waals surface area contributed by atoms with Crippen molar-refractivity contribution in [2.45, 2.75) is 32.3 Å². The van der Waals surface area contributed by atoms with Gasteiger partial charge in [0.05, 0.1) is 25.4 Å². The van der Waals surface area contributed by atoms with E-state index in [0.29, 0.717) is 0 Å². The van der Waals surface area contributed by atoms with Crippen LogP contribution in [0.15, 0.2) is 0 Å². The third kappa shape index (κ3) is 1.96. The predicted octanol–water partition coefficient (Wildman–Crippen LogP) is 1.59. The van der Waals surface area contributed by atoms with Crippen molar-refractivity contribution >= 4 is 0 Å². The Hall–Kier alpha value is -0.0800. The molecular weight excluding hydrogens is 128 g/mol. The first-order chi connectivity index (χ1) is 4.77. The Morgan fingerprint density at radius 1 is 1.40 bits per heavy atom. The summed E-state index contributed by atoms with van der Waals surface area (Å²) in [4.78, 5) is 0. The number of ether oxygens (including phenoxy) is 2. The molecule has 0 bridgehead atoms. The zero-order valence-corrected chi connectivity index (χ0v) is 6.85. The molecule has 60 valence electrons. The summed E-state index contributed by atoms with van der Waals surface area (Å²) in [6, 6.07) is 0. The second-order valence-electron chi connectivity index (χ2n) is 3.10. The summed E-state index contributed by atoms with van der Waals surface area (Å²) in [6.45, 7) is 6.58. The van der Waals surface area contributed by atoms with Crippen molar-refractivity contribution in [2.75, 3.05) is 19.8 Å². The van der Waals surface area contributed by atoms with Crippen LogP contribution in [-0.2, 0) is 9.47 Å². The Morgan fingerprint density at radius 2 is 2.20 bits per heavy atom. The van der Waals surface area contributed by atoms with Crippen LogP contribution >= 0.6 is 0 Å². The van der Waals surface area contributed by atoms with Gasteiger partial charge in [-0.1, -0.05) is 13.3 Å². The first kappa shape index (κ1) is 8.02. The normalized spacial score (nSPS) is 34.2. The highest BCUT2D eigenvalue weighted by molar-refractivity contribution is 4.76. The van der Waals surface area contributed by atoms with E-state index in [4.69, 9.17) is 9.47 Å². The minimum atomic E-state index is 0.00694. The molecule has 0 spiro atoms. The fraction of sp³-hybridized carbons (Fsp3) is 1.00. The lowest BCUT2D eigenvalue weighted by molar-refractivity contribution is -0.150. The summed E-state index contributed by atoms with van der Waals surface area (Å²) in [5, 5.41) is 0. The summed E-state index contributed by atoms with van der Waals surface area (Å²) in [5.74, 6) is 0. The smallest absolute Gasteiger partial charge is 0.0887 e. The van der Waals surface area contributed by atoms with Crippen LogP contribution in [0.2, 0.25) is 0 Å². The zero-order chi connectivity index (χ0) is 7.45. The van der Waals surface area contributed by atoms with E-state index in [1.807, 2.05) is 0 Å². The minimum absolute atomic E-state index is 0.00694. The number of rotatable bonds is 2. The van der Waals surface area contributed by atoms with Crippen molar-refractivity contribution in [3.05, 3.63) is 0 Å². The lowest BCUT2D eigenvalue weighted by atomic mass is 10.0. The molecule has 0 radical (unpaired) electrons. The van der Waals surface area contributed by atoms with E-state index < -0.39 is 0 Å². The van der Waals surface area contributed by atoms with Gasteiger partial charge in [0.15, 0.2) is 0 Å². The maximum absolute atomic E-state index is 5.58. The van der Waals surface area contributed by atoms with E-state index >= 15 is 0 Å². The molecule has 1 atom stereocenters. The molecule has 0 N–H and O–H groups in total. The molecule has 0 aromatic heterocycles. The fourth-order valence-electron chi connectivity index (χ4n) is 1.35. The summed E-state index contributed by atoms with van der Waals surface area (Å²) in [7, 11) is 0. The molecule has 1 unspecified atom stereocenters. The highest BCUT2D eigenvalue weighted by atomic mass is 16.6. The molecule has 2 nitrogen and oxygen atoms in total. The highest BCUT2D eigenvalue weighted by Crippen LogP contribution is 2.20. The number of hydrogen-bond donors (Lipinski definition) is 0. The van der Waals surface area contributed by atoms with Crippen LogP contribution in [0.4, 0.5) is 0 Å². The van der Waals surface area contributed by atoms with E-state index in [1.165, 1.54) is 6.42 Å². The van der Waals surface area contributed by atoms with E-state index in [9.17, 15) is 0 Å². The molecule has 0 saturated carbocycles. The van der Waals surface area contributed by atoms with E-state index in [2.05, 4.69) is 13.8 Å². The molecule has 2 heteroatoms. The van der Waals surface area contributed by atoms with Crippen LogP contribution < -0.4 is 0 Å². The monoisotopic (exact) mass is 144 g/mol. The molecule has 0 aromatic rings. The molecular formula is C8H16O2. The molecule has 0 aromatic carbocycles. The standard InChI is InChI=1S/C8H16O2/c1-3-4-8(2)7-9-5-6-10-8/h3-7H2,1-2H3. The maximum atomic E-state index is 5.58. The summed E-state index contributed by atoms with van der Waals surface area (Å²) < 4.78 is 10.9. The molecule has 1 rings (SSSR count). The third-order valence-corrected chi connectivity index (χ3v) is 1.86. The fourth-order valence-corrected chi connectivity index (χ4v) is 1.35. The largest absolute Gasteiger partial charge is 0.376 e. The molecule has 1 saturated heterocycles. The van der Waals surface area contributed by atoms with Crippen molar-refractivity contribution in [1.29, 1.82) is 0 Å². The Bertz CT molecular complexity index is 89.9. The van der Waals surface area contributed by atoms with Gasteiger partial charge < -0.3 is 9.47 Å². The molecule has 1 heterocycles. The van der Waals surface area contributed by atoms with Gasteiger partial charge in [-0.15, -0.1) is 0 Å². The third-order valence-electron chi connectivity index (χ3n) is 1.86. The Morgan fingerprint density at radius 3 is 2.70 bits per heavy atom. The van der Waals surface area contributed by atoms with Crippen molar-refractivity contribution < 1.29 is 9.47 Å². The molecule has 0 amide bonds. The summed E-state index contributed by atoms with van der Waals surface area (Å²) in [5.41, 5.74) is 0.00694. The number of hydrogen-bond acceptors (Lipinski definition) is 2. The van der Waals surface area contributed by atoms with Crippen LogP contribution in [0.3, 0.4) is 0 Å². The Kier molecular flexibility index (Phi) is 2.69. The highest BCUT2D eigenvalue weighted by Gasteiger charge is 2.26. The summed E-state index contributed by atoms with van der Waals surface area (Å²) in [6.07, 6.45) is 2.27. The second kappa shape index (κ2) is 3.35. The quantitative estimate of drug-likeness (QED) is 0.586. The molecule has 0 aliphatic carbocycles. The Balaban J connectivity index is 2.32. The molecule has 1 aliphatic heterocycles. The molecule has 10 heavy (non-hydrogen) atoms. The van der Waals surface area contributed by atoms with Gasteiger partial charge in [0.1, 0.15) is 0 Å². The maximum Gasteiger partial charge on any atom is 0.0887 e. The average molecular weight is 144 g/mol. The van der Waals surface area contributed by atoms with Crippen LogP contribution in [0.5, 0.6) is 0 Å². The van der Waals surface area contributed by atoms with Crippen LogP contribution in [0, 0.1) is 0 Å². The van der Waals surface area contributed by atoms with E-state index in [1.54, 1.807) is 0 Å². The van der Waals surface area contributed by atoms with Crippen molar-refractivity contribution in [1.82, 2.24) is 0 Å². The first-order valence-electron chi connectivity index (χ1n) is 3.98. The van der Waals surface area contributed by atoms with Gasteiger partial charge in [0.25, 0.3) is 0 Å². The predicted molar refractivity (Wildman–Crippen MR) is 40.1 cm³/mol. The van der Waals surface area contributed by atoms with Gasteiger partial charge in [-0.2, -0.15) is 0 Å². The van der Waals surface area contributed by atoms with Crippen molar-refractivity contribution in [3.8, 4) is 0 Å².